The zero-order valence-electron chi connectivity index (χ0n) is 16.2. The molecule has 0 spiro atoms. The minimum Gasteiger partial charge on any atom is -0.351 e. The van der Waals surface area contributed by atoms with Crippen LogP contribution in [0.5, 0.6) is 0 Å². The topological polar surface area (TPSA) is 52.7 Å². The molecule has 2 aromatic rings. The highest BCUT2D eigenvalue weighted by Gasteiger charge is 2.38. The summed E-state index contributed by atoms with van der Waals surface area (Å²) in [7, 11) is 0. The van der Waals surface area contributed by atoms with E-state index in [0.717, 1.165) is 38.0 Å². The minimum absolute atomic E-state index is 0.0389. The molecule has 2 aliphatic rings. The lowest BCUT2D eigenvalue weighted by Gasteiger charge is -2.47. The Morgan fingerprint density at radius 3 is 2.79 bits per heavy atom. The van der Waals surface area contributed by atoms with Gasteiger partial charge < -0.3 is 15.1 Å². The second-order valence-corrected chi connectivity index (χ2v) is 7.41. The Kier molecular flexibility index (Phi) is 4.79. The number of hydrogen-bond donors (Lipinski definition) is 1. The van der Waals surface area contributed by atoms with Crippen LogP contribution < -0.4 is 10.2 Å². The third kappa shape index (κ3) is 3.13. The number of hydrogen-bond acceptors (Lipinski definition) is 3. The number of piperidine rings is 1. The molecule has 1 fully saturated rings. The van der Waals surface area contributed by atoms with Crippen molar-refractivity contribution in [2.45, 2.75) is 39.3 Å². The maximum atomic E-state index is 13.8. The van der Waals surface area contributed by atoms with E-state index >= 15 is 0 Å². The summed E-state index contributed by atoms with van der Waals surface area (Å²) >= 11 is 0. The van der Waals surface area contributed by atoms with Crippen LogP contribution in [0.25, 0.3) is 0 Å². The quantitative estimate of drug-likeness (QED) is 0.868. The van der Waals surface area contributed by atoms with Gasteiger partial charge in [-0.2, -0.15) is 0 Å². The Morgan fingerprint density at radius 1 is 1.21 bits per heavy atom. The summed E-state index contributed by atoms with van der Waals surface area (Å²) in [5.74, 6) is -0.638. The zero-order valence-corrected chi connectivity index (χ0v) is 16.2. The van der Waals surface area contributed by atoms with Gasteiger partial charge in [-0.3, -0.25) is 9.59 Å². The first-order valence-corrected chi connectivity index (χ1v) is 9.78. The number of carbonyl (C=O) groups excluding carboxylic acids is 2. The van der Waals surface area contributed by atoms with Gasteiger partial charge in [-0.1, -0.05) is 6.07 Å². The number of halogens is 1. The second kappa shape index (κ2) is 7.26. The van der Waals surface area contributed by atoms with Crippen molar-refractivity contribution in [2.75, 3.05) is 23.3 Å². The average Bonchev–Trinajstić information content (AvgIpc) is 2.71. The fourth-order valence-corrected chi connectivity index (χ4v) is 4.14. The van der Waals surface area contributed by atoms with E-state index in [9.17, 15) is 14.0 Å². The lowest BCUT2D eigenvalue weighted by Crippen LogP contribution is -2.57. The van der Waals surface area contributed by atoms with E-state index in [0.29, 0.717) is 22.4 Å². The highest BCUT2D eigenvalue weighted by Crippen LogP contribution is 2.35. The summed E-state index contributed by atoms with van der Waals surface area (Å²) in [6.45, 7) is 5.28. The molecule has 4 rings (SSSR count). The van der Waals surface area contributed by atoms with Crippen molar-refractivity contribution >= 4 is 23.2 Å². The first-order chi connectivity index (χ1) is 13.5. The average molecular weight is 381 g/mol. The number of nitrogens with zero attached hydrogens (tertiary/aromatic N) is 2. The Morgan fingerprint density at radius 2 is 2.04 bits per heavy atom. The molecule has 2 aromatic carbocycles. The van der Waals surface area contributed by atoms with Gasteiger partial charge in [0, 0.05) is 24.3 Å². The first kappa shape index (κ1) is 18.5. The highest BCUT2D eigenvalue weighted by molar-refractivity contribution is 6.08. The van der Waals surface area contributed by atoms with Crippen LogP contribution in [0.15, 0.2) is 36.4 Å². The summed E-state index contributed by atoms with van der Waals surface area (Å²) < 4.78 is 13.8. The predicted molar refractivity (Wildman–Crippen MR) is 107 cm³/mol. The Labute approximate surface area is 164 Å². The molecule has 0 saturated carbocycles. The number of fused-ring (bicyclic) bond motifs is 2. The van der Waals surface area contributed by atoms with Crippen molar-refractivity contribution in [1.29, 1.82) is 0 Å². The van der Waals surface area contributed by atoms with Gasteiger partial charge in [0.05, 0.1) is 11.3 Å². The van der Waals surface area contributed by atoms with Crippen molar-refractivity contribution < 1.29 is 14.0 Å². The molecule has 2 heterocycles. The molecule has 0 radical (unpaired) electrons. The van der Waals surface area contributed by atoms with Crippen molar-refractivity contribution in [3.8, 4) is 0 Å². The molecule has 2 aliphatic heterocycles. The summed E-state index contributed by atoms with van der Waals surface area (Å²) in [5.41, 5.74) is 2.83. The molecule has 2 amide bonds. The summed E-state index contributed by atoms with van der Waals surface area (Å²) in [6.07, 6.45) is 3.13. The molecular weight excluding hydrogens is 357 g/mol. The molecule has 5 nitrogen and oxygen atoms in total. The molecular formula is C22H24FN3O2. The van der Waals surface area contributed by atoms with E-state index < -0.39 is 0 Å². The Balaban J connectivity index is 1.65. The van der Waals surface area contributed by atoms with Crippen LogP contribution in [0.1, 0.15) is 52.5 Å². The molecule has 0 bridgehead atoms. The molecule has 1 N–H and O–H groups in total. The van der Waals surface area contributed by atoms with Gasteiger partial charge in [0.15, 0.2) is 0 Å². The van der Waals surface area contributed by atoms with E-state index in [1.807, 2.05) is 4.90 Å². The van der Waals surface area contributed by atoms with Gasteiger partial charge in [-0.05, 0) is 69.0 Å². The number of aryl methyl sites for hydroxylation is 1. The number of nitrogens with one attached hydrogen (secondary N) is 1. The summed E-state index contributed by atoms with van der Waals surface area (Å²) in [4.78, 5) is 29.8. The zero-order chi connectivity index (χ0) is 19.8. The molecule has 1 saturated heterocycles. The maximum Gasteiger partial charge on any atom is 0.257 e. The van der Waals surface area contributed by atoms with Crippen LogP contribution in [-0.4, -0.2) is 36.0 Å². The van der Waals surface area contributed by atoms with Gasteiger partial charge >= 0.3 is 0 Å². The lowest BCUT2D eigenvalue weighted by atomic mass is 9.97. The normalized spacial score (nSPS) is 18.5. The van der Waals surface area contributed by atoms with Crippen LogP contribution in [-0.2, 0) is 0 Å². The number of anilines is 2. The van der Waals surface area contributed by atoms with Gasteiger partial charge in [-0.25, -0.2) is 4.39 Å². The third-order valence-electron chi connectivity index (χ3n) is 5.66. The van der Waals surface area contributed by atoms with E-state index in [1.54, 1.807) is 37.3 Å². The number of rotatable bonds is 3. The number of amides is 2. The molecule has 0 aromatic heterocycles. The van der Waals surface area contributed by atoms with Gasteiger partial charge in [-0.15, -0.1) is 0 Å². The minimum atomic E-state index is -0.358. The van der Waals surface area contributed by atoms with Gasteiger partial charge in [0.2, 0.25) is 0 Å². The van der Waals surface area contributed by atoms with Crippen LogP contribution in [0.3, 0.4) is 0 Å². The van der Waals surface area contributed by atoms with Crippen LogP contribution in [0.4, 0.5) is 15.8 Å². The van der Waals surface area contributed by atoms with Crippen molar-refractivity contribution in [3.05, 3.63) is 58.9 Å². The first-order valence-electron chi connectivity index (χ1n) is 9.78. The van der Waals surface area contributed by atoms with Crippen LogP contribution in [0.2, 0.25) is 0 Å². The SMILES string of the molecule is CCN1c2cc(C(=O)Nc3ccc(C)c(F)c3)ccc2C(=O)N2CCCCC21. The van der Waals surface area contributed by atoms with Crippen LogP contribution in [0, 0.1) is 12.7 Å². The van der Waals surface area contributed by atoms with Gasteiger partial charge in [0.1, 0.15) is 12.0 Å². The largest absolute Gasteiger partial charge is 0.351 e. The van der Waals surface area contributed by atoms with E-state index in [2.05, 4.69) is 17.1 Å². The smallest absolute Gasteiger partial charge is 0.257 e. The number of benzene rings is 2. The fraction of sp³-hybridized carbons (Fsp3) is 0.364. The summed E-state index contributed by atoms with van der Waals surface area (Å²) in [5, 5.41) is 2.74. The lowest BCUT2D eigenvalue weighted by molar-refractivity contribution is 0.0582. The highest BCUT2D eigenvalue weighted by atomic mass is 19.1. The Hall–Kier alpha value is -2.89. The van der Waals surface area contributed by atoms with Gasteiger partial charge in [0.25, 0.3) is 11.8 Å². The standard InChI is InChI=1S/C22H24FN3O2/c1-3-25-19-12-15(21(27)24-16-9-7-14(2)18(23)13-16)8-10-17(19)22(28)26-11-5-4-6-20(25)26/h7-10,12-13,20H,3-6,11H2,1-2H3,(H,24,27). The van der Waals surface area contributed by atoms with E-state index in [1.165, 1.54) is 6.07 Å². The molecule has 6 heteroatoms. The molecule has 28 heavy (non-hydrogen) atoms. The molecule has 1 atom stereocenters. The molecule has 1 unspecified atom stereocenters. The van der Waals surface area contributed by atoms with Crippen molar-refractivity contribution in [2.24, 2.45) is 0 Å². The number of carbonyl (C=O) groups is 2. The monoisotopic (exact) mass is 381 g/mol. The Bertz CT molecular complexity index is 943. The van der Waals surface area contributed by atoms with Crippen molar-refractivity contribution in [1.82, 2.24) is 4.90 Å². The van der Waals surface area contributed by atoms with Crippen LogP contribution >= 0.6 is 0 Å². The van der Waals surface area contributed by atoms with E-state index in [-0.39, 0.29) is 23.8 Å². The predicted octanol–water partition coefficient (Wildman–Crippen LogP) is 4.18. The fourth-order valence-electron chi connectivity index (χ4n) is 4.14. The molecule has 146 valence electrons. The van der Waals surface area contributed by atoms with E-state index in [4.69, 9.17) is 0 Å². The molecule has 0 aliphatic carbocycles. The van der Waals surface area contributed by atoms with Crippen molar-refractivity contribution in [3.63, 3.8) is 0 Å². The maximum absolute atomic E-state index is 13.8. The third-order valence-corrected chi connectivity index (χ3v) is 5.66. The summed E-state index contributed by atoms with van der Waals surface area (Å²) in [6, 6.07) is 9.80. The second-order valence-electron chi connectivity index (χ2n) is 7.41.